The number of alkyl carbamates (subject to hydrolysis) is 1. The van der Waals surface area contributed by atoms with E-state index < -0.39 is 11.7 Å². The molecule has 2 fully saturated rings. The van der Waals surface area contributed by atoms with Crippen LogP contribution in [0.1, 0.15) is 89.0 Å². The van der Waals surface area contributed by atoms with E-state index in [1.807, 2.05) is 18.2 Å². The summed E-state index contributed by atoms with van der Waals surface area (Å²) in [5.41, 5.74) is 3.16. The van der Waals surface area contributed by atoms with Crippen LogP contribution >= 0.6 is 12.2 Å². The molecule has 9 nitrogen and oxygen atoms in total. The zero-order valence-electron chi connectivity index (χ0n) is 24.1. The van der Waals surface area contributed by atoms with Crippen molar-refractivity contribution in [3.8, 4) is 11.5 Å². The molecule has 1 spiro atoms. The highest BCUT2D eigenvalue weighted by molar-refractivity contribution is 7.80. The van der Waals surface area contributed by atoms with Gasteiger partial charge in [-0.25, -0.2) is 10.3 Å². The lowest BCUT2D eigenvalue weighted by Gasteiger charge is -2.38. The van der Waals surface area contributed by atoms with Crippen LogP contribution in [0.5, 0.6) is 11.5 Å². The van der Waals surface area contributed by atoms with Gasteiger partial charge in [0, 0.05) is 44.6 Å². The molecule has 2 aliphatic heterocycles. The minimum Gasteiger partial charge on any atom is -0.493 e. The smallest absolute Gasteiger partial charge is 0.414 e. The van der Waals surface area contributed by atoms with Gasteiger partial charge in [-0.3, -0.25) is 4.84 Å². The fraction of sp³-hybridized carbons (Fsp3) is 0.667. The molecule has 3 N–H and O–H groups in total. The Morgan fingerprint density at radius 3 is 2.25 bits per heavy atom. The van der Waals surface area contributed by atoms with Crippen molar-refractivity contribution in [3.05, 3.63) is 35.7 Å². The van der Waals surface area contributed by atoms with Crippen LogP contribution in [0.3, 0.4) is 0 Å². The first-order chi connectivity index (χ1) is 19.5. The van der Waals surface area contributed by atoms with E-state index in [0.29, 0.717) is 30.0 Å². The van der Waals surface area contributed by atoms with E-state index in [2.05, 4.69) is 21.0 Å². The molecule has 1 amide bonds. The standard InChI is InChI=1S/C30H46N4O5S/c1-36-25-15-14-23(20-26(25)37-2)22-31-29(35)38-27-21-30(39-33-27)16-18-34(19-17-30)28(40)32-24-12-10-8-6-4-3-5-7-9-11-13-24/h14-15,20-21,24,33H,3-13,16-19,22H2,1-2H3,(H,31,35)(H,32,40). The topological polar surface area (TPSA) is 93.3 Å². The van der Waals surface area contributed by atoms with Crippen LogP contribution in [-0.4, -0.2) is 55.1 Å². The van der Waals surface area contributed by atoms with E-state index in [9.17, 15) is 4.79 Å². The van der Waals surface area contributed by atoms with E-state index in [1.165, 1.54) is 70.6 Å². The molecule has 2 heterocycles. The minimum absolute atomic E-state index is 0.291. The molecular formula is C30H46N4O5S. The van der Waals surface area contributed by atoms with Crippen molar-refractivity contribution in [2.45, 2.75) is 102 Å². The third-order valence-electron chi connectivity index (χ3n) is 8.17. The van der Waals surface area contributed by atoms with E-state index in [1.54, 1.807) is 20.3 Å². The lowest BCUT2D eigenvalue weighted by molar-refractivity contribution is -0.0742. The Bertz CT molecular complexity index is 1000. The maximum absolute atomic E-state index is 12.4. The fourth-order valence-electron chi connectivity index (χ4n) is 5.71. The molecule has 0 atom stereocenters. The van der Waals surface area contributed by atoms with Gasteiger partial charge in [-0.15, -0.1) is 0 Å². The monoisotopic (exact) mass is 574 g/mol. The molecule has 40 heavy (non-hydrogen) atoms. The summed E-state index contributed by atoms with van der Waals surface area (Å²) in [6.45, 7) is 1.86. The quantitative estimate of drug-likeness (QED) is 0.371. The van der Waals surface area contributed by atoms with Crippen molar-refractivity contribution in [2.75, 3.05) is 27.3 Å². The number of likely N-dealkylation sites (tertiary alicyclic amines) is 1. The maximum atomic E-state index is 12.4. The van der Waals surface area contributed by atoms with Gasteiger partial charge >= 0.3 is 6.09 Å². The molecule has 0 bridgehead atoms. The summed E-state index contributed by atoms with van der Waals surface area (Å²) in [7, 11) is 3.16. The van der Waals surface area contributed by atoms with Crippen LogP contribution in [0.25, 0.3) is 0 Å². The summed E-state index contributed by atoms with van der Waals surface area (Å²) < 4.78 is 16.0. The number of nitrogens with one attached hydrogen (secondary N) is 3. The number of hydroxylamine groups is 1. The molecule has 3 aliphatic rings. The van der Waals surface area contributed by atoms with Crippen LogP contribution in [0.15, 0.2) is 30.2 Å². The van der Waals surface area contributed by atoms with Crippen molar-refractivity contribution in [3.63, 3.8) is 0 Å². The second kappa shape index (κ2) is 15.3. The largest absolute Gasteiger partial charge is 0.493 e. The first kappa shape index (κ1) is 30.2. The summed E-state index contributed by atoms with van der Waals surface area (Å²) in [6.07, 6.45) is 17.3. The molecule has 0 aromatic heterocycles. The Morgan fingerprint density at radius 1 is 1.00 bits per heavy atom. The summed E-state index contributed by atoms with van der Waals surface area (Å²) in [5, 5.41) is 7.30. The van der Waals surface area contributed by atoms with E-state index in [4.69, 9.17) is 31.3 Å². The molecule has 4 rings (SSSR count). The van der Waals surface area contributed by atoms with Gasteiger partial charge in [-0.2, -0.15) is 0 Å². The summed E-state index contributed by atoms with van der Waals surface area (Å²) >= 11 is 5.83. The lowest BCUT2D eigenvalue weighted by atomic mass is 9.92. The average Bonchev–Trinajstić information content (AvgIpc) is 3.34. The van der Waals surface area contributed by atoms with Crippen LogP contribution in [0.2, 0.25) is 0 Å². The zero-order chi connectivity index (χ0) is 28.2. The SMILES string of the molecule is COc1ccc(CNC(=O)OC2=CC3(CCN(C(=S)NC4CCCCCCCCCCC4)CC3)ON2)cc1OC. The number of piperidine rings is 1. The third-order valence-corrected chi connectivity index (χ3v) is 8.54. The van der Waals surface area contributed by atoms with E-state index in [0.717, 1.165) is 36.6 Å². The highest BCUT2D eigenvalue weighted by Crippen LogP contribution is 2.32. The Balaban J connectivity index is 1.21. The number of carbonyl (C=O) groups excluding carboxylic acids is 1. The van der Waals surface area contributed by atoms with Crippen LogP contribution in [0.4, 0.5) is 4.79 Å². The van der Waals surface area contributed by atoms with Crippen molar-refractivity contribution in [1.29, 1.82) is 0 Å². The number of amides is 1. The normalized spacial score (nSPS) is 20.4. The molecule has 10 heteroatoms. The Labute approximate surface area is 244 Å². The van der Waals surface area contributed by atoms with Gasteiger partial charge in [0.1, 0.15) is 5.60 Å². The van der Waals surface area contributed by atoms with Crippen molar-refractivity contribution in [2.24, 2.45) is 0 Å². The van der Waals surface area contributed by atoms with Gasteiger partial charge in [-0.05, 0) is 42.8 Å². The van der Waals surface area contributed by atoms with Gasteiger partial charge in [0.2, 0.25) is 5.88 Å². The zero-order valence-corrected chi connectivity index (χ0v) is 24.9. The number of benzene rings is 1. The lowest BCUT2D eigenvalue weighted by Crippen LogP contribution is -2.51. The van der Waals surface area contributed by atoms with Crippen LogP contribution < -0.4 is 25.6 Å². The molecular weight excluding hydrogens is 528 g/mol. The first-order valence-electron chi connectivity index (χ1n) is 14.9. The Morgan fingerprint density at radius 2 is 1.62 bits per heavy atom. The molecule has 222 valence electrons. The van der Waals surface area contributed by atoms with Gasteiger partial charge in [0.25, 0.3) is 0 Å². The predicted molar refractivity (Wildman–Crippen MR) is 159 cm³/mol. The second-order valence-corrected chi connectivity index (χ2v) is 11.5. The van der Waals surface area contributed by atoms with Gasteiger partial charge in [0.05, 0.1) is 14.2 Å². The van der Waals surface area contributed by atoms with Crippen LogP contribution in [0, 0.1) is 0 Å². The summed E-state index contributed by atoms with van der Waals surface area (Å²) in [5.74, 6) is 1.55. The highest BCUT2D eigenvalue weighted by Gasteiger charge is 2.40. The van der Waals surface area contributed by atoms with Crippen molar-refractivity contribution < 1.29 is 23.8 Å². The number of hydrogen-bond donors (Lipinski definition) is 3. The van der Waals surface area contributed by atoms with Crippen LogP contribution in [-0.2, 0) is 16.1 Å². The first-order valence-corrected chi connectivity index (χ1v) is 15.3. The molecule has 1 aromatic carbocycles. The molecule has 0 radical (unpaired) electrons. The third kappa shape index (κ3) is 8.89. The number of carbonyl (C=O) groups is 1. The van der Waals surface area contributed by atoms with Gasteiger partial charge in [0.15, 0.2) is 16.6 Å². The fourth-order valence-corrected chi connectivity index (χ4v) is 6.06. The van der Waals surface area contributed by atoms with E-state index >= 15 is 0 Å². The van der Waals surface area contributed by atoms with Crippen molar-refractivity contribution in [1.82, 2.24) is 21.0 Å². The molecule has 1 saturated heterocycles. The summed E-state index contributed by atoms with van der Waals surface area (Å²) in [6, 6.07) is 5.95. The molecule has 0 unspecified atom stereocenters. The molecule has 1 aromatic rings. The average molecular weight is 575 g/mol. The second-order valence-electron chi connectivity index (χ2n) is 11.1. The van der Waals surface area contributed by atoms with Gasteiger partial charge < -0.3 is 29.7 Å². The Kier molecular flexibility index (Phi) is 11.6. The van der Waals surface area contributed by atoms with Crippen molar-refractivity contribution >= 4 is 23.4 Å². The number of thiocarbonyl (C=S) groups is 1. The highest BCUT2D eigenvalue weighted by atomic mass is 32.1. The van der Waals surface area contributed by atoms with Gasteiger partial charge in [-0.1, -0.05) is 63.9 Å². The Hall–Kier alpha value is -2.72. The van der Waals surface area contributed by atoms with E-state index in [-0.39, 0.29) is 0 Å². The minimum atomic E-state index is -0.561. The molecule has 1 saturated carbocycles. The number of methoxy groups -OCH3 is 2. The number of rotatable bonds is 6. The predicted octanol–water partition coefficient (Wildman–Crippen LogP) is 5.69. The molecule has 1 aliphatic carbocycles. The summed E-state index contributed by atoms with van der Waals surface area (Å²) in [4.78, 5) is 20.6. The maximum Gasteiger partial charge on any atom is 0.414 e. The number of ether oxygens (including phenoxy) is 3. The number of nitrogens with zero attached hydrogens (tertiary/aromatic N) is 1. The number of hydrogen-bond acceptors (Lipinski definition) is 7.